The second-order valence-electron chi connectivity index (χ2n) is 6.36. The van der Waals surface area contributed by atoms with E-state index in [1.54, 1.807) is 0 Å². The van der Waals surface area contributed by atoms with Gasteiger partial charge in [0.2, 0.25) is 0 Å². The van der Waals surface area contributed by atoms with Crippen LogP contribution >= 0.6 is 0 Å². The van der Waals surface area contributed by atoms with Gasteiger partial charge in [-0.25, -0.2) is 4.79 Å². The van der Waals surface area contributed by atoms with Crippen LogP contribution in [0.2, 0.25) is 0 Å². The summed E-state index contributed by atoms with van der Waals surface area (Å²) in [6.45, 7) is 7.17. The van der Waals surface area contributed by atoms with Crippen LogP contribution in [-0.4, -0.2) is 24.8 Å². The molecule has 0 aromatic heterocycles. The zero-order chi connectivity index (χ0) is 13.6. The summed E-state index contributed by atoms with van der Waals surface area (Å²) in [5.41, 5.74) is 5.11. The number of carbonyl (C=O) groups excluding carboxylic acids is 1. The van der Waals surface area contributed by atoms with E-state index in [-0.39, 0.29) is 6.09 Å². The number of amides is 1. The first-order valence-electron chi connectivity index (χ1n) is 7.07. The van der Waals surface area contributed by atoms with E-state index in [1.165, 1.54) is 25.7 Å². The monoisotopic (exact) mass is 256 g/mol. The highest BCUT2D eigenvalue weighted by molar-refractivity contribution is 5.67. The number of nitrogens with two attached hydrogens (primary N) is 1. The lowest BCUT2D eigenvalue weighted by Crippen LogP contribution is -2.34. The minimum absolute atomic E-state index is 0.298. The summed E-state index contributed by atoms with van der Waals surface area (Å²) in [4.78, 5) is 11.5. The molecule has 1 aliphatic carbocycles. The fraction of sp³-hybridized carbons (Fsp3) is 0.929. The van der Waals surface area contributed by atoms with Crippen molar-refractivity contribution in [1.82, 2.24) is 5.32 Å². The molecule has 2 unspecified atom stereocenters. The zero-order valence-electron chi connectivity index (χ0n) is 12.0. The molecule has 1 amide bonds. The van der Waals surface area contributed by atoms with Gasteiger partial charge in [-0.1, -0.05) is 6.42 Å². The molecular weight excluding hydrogens is 228 g/mol. The highest BCUT2D eigenvalue weighted by Gasteiger charge is 2.25. The van der Waals surface area contributed by atoms with E-state index in [0.717, 1.165) is 25.4 Å². The first-order chi connectivity index (χ1) is 8.40. The minimum Gasteiger partial charge on any atom is -0.444 e. The molecule has 18 heavy (non-hydrogen) atoms. The third-order valence-electron chi connectivity index (χ3n) is 3.40. The molecular formula is C14H28N2O2. The molecule has 0 radical (unpaired) electrons. The summed E-state index contributed by atoms with van der Waals surface area (Å²) in [5, 5.41) is 2.87. The number of ether oxygens (including phenoxy) is 1. The quantitative estimate of drug-likeness (QED) is 0.795. The lowest BCUT2D eigenvalue weighted by molar-refractivity contribution is 0.0519. The van der Waals surface area contributed by atoms with Gasteiger partial charge in [-0.3, -0.25) is 0 Å². The molecule has 4 nitrogen and oxygen atoms in total. The smallest absolute Gasteiger partial charge is 0.407 e. The molecule has 1 aliphatic rings. The molecule has 0 aliphatic heterocycles. The molecule has 0 aromatic rings. The van der Waals surface area contributed by atoms with E-state index < -0.39 is 5.60 Å². The fourth-order valence-electron chi connectivity index (χ4n) is 2.57. The Morgan fingerprint density at radius 2 is 2.00 bits per heavy atom. The summed E-state index contributed by atoms with van der Waals surface area (Å²) < 4.78 is 5.22. The maximum absolute atomic E-state index is 11.5. The highest BCUT2D eigenvalue weighted by atomic mass is 16.6. The van der Waals surface area contributed by atoms with Crippen molar-refractivity contribution < 1.29 is 9.53 Å². The molecule has 1 rings (SSSR count). The van der Waals surface area contributed by atoms with E-state index >= 15 is 0 Å². The third kappa shape index (κ3) is 6.24. The summed E-state index contributed by atoms with van der Waals surface area (Å²) in [6.07, 6.45) is 5.77. The molecule has 1 fully saturated rings. The summed E-state index contributed by atoms with van der Waals surface area (Å²) >= 11 is 0. The Morgan fingerprint density at radius 3 is 2.61 bits per heavy atom. The molecule has 4 heteroatoms. The van der Waals surface area contributed by atoms with Crippen molar-refractivity contribution in [2.75, 3.05) is 13.1 Å². The average Bonchev–Trinajstić information content (AvgIpc) is 2.69. The number of rotatable bonds is 5. The van der Waals surface area contributed by atoms with E-state index in [4.69, 9.17) is 10.5 Å². The zero-order valence-corrected chi connectivity index (χ0v) is 12.0. The fourth-order valence-corrected chi connectivity index (χ4v) is 2.57. The lowest BCUT2D eigenvalue weighted by atomic mass is 10.00. The second-order valence-corrected chi connectivity index (χ2v) is 6.36. The number of hydrogen-bond acceptors (Lipinski definition) is 3. The Kier molecular flexibility index (Phi) is 5.93. The van der Waals surface area contributed by atoms with Gasteiger partial charge in [-0.2, -0.15) is 0 Å². The number of carbonyl (C=O) groups is 1. The van der Waals surface area contributed by atoms with Gasteiger partial charge in [-0.15, -0.1) is 0 Å². The topological polar surface area (TPSA) is 64.3 Å². The first kappa shape index (κ1) is 15.3. The van der Waals surface area contributed by atoms with Gasteiger partial charge >= 0.3 is 6.09 Å². The van der Waals surface area contributed by atoms with Crippen molar-refractivity contribution in [2.45, 2.75) is 58.5 Å². The van der Waals surface area contributed by atoms with E-state index in [1.807, 2.05) is 20.8 Å². The predicted octanol–water partition coefficient (Wildman–Crippen LogP) is 2.67. The van der Waals surface area contributed by atoms with E-state index in [9.17, 15) is 4.79 Å². The summed E-state index contributed by atoms with van der Waals surface area (Å²) in [7, 11) is 0. The van der Waals surface area contributed by atoms with Crippen molar-refractivity contribution in [3.05, 3.63) is 0 Å². The SMILES string of the molecule is CC(C)(C)OC(=O)NCC1CCC(CCCN)C1. The van der Waals surface area contributed by atoms with Gasteiger partial charge in [-0.05, 0) is 64.8 Å². The van der Waals surface area contributed by atoms with Gasteiger partial charge in [0.15, 0.2) is 0 Å². The van der Waals surface area contributed by atoms with Crippen molar-refractivity contribution in [3.8, 4) is 0 Å². The van der Waals surface area contributed by atoms with E-state index in [2.05, 4.69) is 5.32 Å². The van der Waals surface area contributed by atoms with Crippen LogP contribution in [0, 0.1) is 11.8 Å². The van der Waals surface area contributed by atoms with Crippen LogP contribution in [0.5, 0.6) is 0 Å². The van der Waals surface area contributed by atoms with Crippen LogP contribution in [-0.2, 0) is 4.74 Å². The largest absolute Gasteiger partial charge is 0.444 e. The van der Waals surface area contributed by atoms with Crippen LogP contribution < -0.4 is 11.1 Å². The van der Waals surface area contributed by atoms with Crippen LogP contribution in [0.3, 0.4) is 0 Å². The number of nitrogens with one attached hydrogen (secondary N) is 1. The molecule has 0 aromatic carbocycles. The molecule has 0 saturated heterocycles. The van der Waals surface area contributed by atoms with Gasteiger partial charge in [0, 0.05) is 6.54 Å². The maximum atomic E-state index is 11.5. The molecule has 1 saturated carbocycles. The van der Waals surface area contributed by atoms with Crippen molar-refractivity contribution >= 4 is 6.09 Å². The predicted molar refractivity (Wildman–Crippen MR) is 73.4 cm³/mol. The third-order valence-corrected chi connectivity index (χ3v) is 3.40. The van der Waals surface area contributed by atoms with Gasteiger partial charge in [0.05, 0.1) is 0 Å². The van der Waals surface area contributed by atoms with Crippen LogP contribution in [0.15, 0.2) is 0 Å². The normalized spacial score (nSPS) is 24.0. The van der Waals surface area contributed by atoms with Gasteiger partial charge < -0.3 is 15.8 Å². The van der Waals surface area contributed by atoms with Gasteiger partial charge in [0.25, 0.3) is 0 Å². The molecule has 106 valence electrons. The Labute approximate surface area is 111 Å². The Bertz CT molecular complexity index is 261. The lowest BCUT2D eigenvalue weighted by Gasteiger charge is -2.20. The Morgan fingerprint density at radius 1 is 1.33 bits per heavy atom. The van der Waals surface area contributed by atoms with E-state index in [0.29, 0.717) is 5.92 Å². The van der Waals surface area contributed by atoms with Gasteiger partial charge in [0.1, 0.15) is 5.60 Å². The maximum Gasteiger partial charge on any atom is 0.407 e. The van der Waals surface area contributed by atoms with Crippen LogP contribution in [0.4, 0.5) is 4.79 Å². The highest BCUT2D eigenvalue weighted by Crippen LogP contribution is 2.33. The van der Waals surface area contributed by atoms with Crippen molar-refractivity contribution in [3.63, 3.8) is 0 Å². The molecule has 0 heterocycles. The number of alkyl carbamates (subject to hydrolysis) is 1. The Balaban J connectivity index is 2.15. The molecule has 3 N–H and O–H groups in total. The van der Waals surface area contributed by atoms with Crippen LogP contribution in [0.1, 0.15) is 52.9 Å². The van der Waals surface area contributed by atoms with Crippen molar-refractivity contribution in [2.24, 2.45) is 17.6 Å². The van der Waals surface area contributed by atoms with Crippen molar-refractivity contribution in [1.29, 1.82) is 0 Å². The summed E-state index contributed by atoms with van der Waals surface area (Å²) in [5.74, 6) is 1.42. The number of hydrogen-bond donors (Lipinski definition) is 2. The molecule has 2 atom stereocenters. The second kappa shape index (κ2) is 6.98. The summed E-state index contributed by atoms with van der Waals surface area (Å²) in [6, 6.07) is 0. The molecule has 0 spiro atoms. The first-order valence-corrected chi connectivity index (χ1v) is 7.07. The minimum atomic E-state index is -0.413. The standard InChI is InChI=1S/C14H28N2O2/c1-14(2,3)18-13(17)16-10-12-7-6-11(9-12)5-4-8-15/h11-12H,4-10,15H2,1-3H3,(H,16,17). The van der Waals surface area contributed by atoms with Crippen LogP contribution in [0.25, 0.3) is 0 Å². The average molecular weight is 256 g/mol. The Hall–Kier alpha value is -0.770. The molecule has 0 bridgehead atoms.